The number of aromatic amines is 1. The zero-order valence-corrected chi connectivity index (χ0v) is 9.85. The van der Waals surface area contributed by atoms with Gasteiger partial charge in [0.2, 0.25) is 0 Å². The molecular weight excluding hydrogens is 208 g/mol. The number of anilines is 1. The molecule has 17 heavy (non-hydrogen) atoms. The number of aryl methyl sites for hydroxylation is 1. The Morgan fingerprint density at radius 1 is 0.882 bits per heavy atom. The lowest BCUT2D eigenvalue weighted by molar-refractivity contribution is 1.47. The average Bonchev–Trinajstić information content (AvgIpc) is 2.82. The maximum atomic E-state index is 5.52. The molecule has 1 aromatic heterocycles. The zero-order valence-electron chi connectivity index (χ0n) is 9.85. The van der Waals surface area contributed by atoms with E-state index in [0.29, 0.717) is 0 Å². The Kier molecular flexibility index (Phi) is 3.46. The highest BCUT2D eigenvalue weighted by molar-refractivity contribution is 5.78. The summed E-state index contributed by atoms with van der Waals surface area (Å²) in [5.41, 5.74) is 8.74. The standard InChI is InChI=1S/C8H7N.C7H9N/c1-2-4-8-7(3-1)5-6-9-8;1-6-4-2-3-5-7(6)8/h1-6,9H;2-5H,8H2,1H3. The summed E-state index contributed by atoms with van der Waals surface area (Å²) >= 11 is 0. The number of hydrogen-bond acceptors (Lipinski definition) is 1. The third-order valence-electron chi connectivity index (χ3n) is 2.65. The van der Waals surface area contributed by atoms with Gasteiger partial charge in [0.05, 0.1) is 0 Å². The highest BCUT2D eigenvalue weighted by atomic mass is 14.7. The van der Waals surface area contributed by atoms with E-state index in [2.05, 4.69) is 23.2 Å². The van der Waals surface area contributed by atoms with Crippen molar-refractivity contribution in [2.24, 2.45) is 0 Å². The van der Waals surface area contributed by atoms with Gasteiger partial charge in [0, 0.05) is 17.4 Å². The average molecular weight is 224 g/mol. The van der Waals surface area contributed by atoms with Crippen LogP contribution in [0.4, 0.5) is 5.69 Å². The molecule has 0 radical (unpaired) electrons. The van der Waals surface area contributed by atoms with Crippen LogP contribution < -0.4 is 5.73 Å². The number of benzene rings is 2. The Morgan fingerprint density at radius 3 is 2.24 bits per heavy atom. The van der Waals surface area contributed by atoms with Gasteiger partial charge in [-0.15, -0.1) is 0 Å². The molecule has 0 aliphatic rings. The summed E-state index contributed by atoms with van der Waals surface area (Å²) in [4.78, 5) is 3.12. The van der Waals surface area contributed by atoms with Crippen LogP contribution in [-0.4, -0.2) is 4.98 Å². The van der Waals surface area contributed by atoms with Crippen LogP contribution in [0, 0.1) is 6.92 Å². The van der Waals surface area contributed by atoms with E-state index in [9.17, 15) is 0 Å². The summed E-state index contributed by atoms with van der Waals surface area (Å²) in [6.07, 6.45) is 1.95. The summed E-state index contributed by atoms with van der Waals surface area (Å²) < 4.78 is 0. The minimum absolute atomic E-state index is 0.868. The second-order valence-electron chi connectivity index (χ2n) is 3.92. The van der Waals surface area contributed by atoms with E-state index in [1.807, 2.05) is 49.5 Å². The largest absolute Gasteiger partial charge is 0.399 e. The van der Waals surface area contributed by atoms with Crippen LogP contribution in [0.15, 0.2) is 60.8 Å². The third kappa shape index (κ3) is 2.88. The van der Waals surface area contributed by atoms with Gasteiger partial charge >= 0.3 is 0 Å². The monoisotopic (exact) mass is 224 g/mol. The SMILES string of the molecule is Cc1ccccc1N.c1ccc2[nH]ccc2c1. The van der Waals surface area contributed by atoms with Gasteiger partial charge in [0.25, 0.3) is 0 Å². The number of H-pyrrole nitrogens is 1. The molecule has 0 aliphatic carbocycles. The van der Waals surface area contributed by atoms with E-state index in [1.165, 1.54) is 10.9 Å². The van der Waals surface area contributed by atoms with Gasteiger partial charge < -0.3 is 10.7 Å². The van der Waals surface area contributed by atoms with E-state index in [0.717, 1.165) is 11.3 Å². The van der Waals surface area contributed by atoms with Crippen molar-refractivity contribution in [2.45, 2.75) is 6.92 Å². The van der Waals surface area contributed by atoms with Crippen molar-refractivity contribution in [1.29, 1.82) is 0 Å². The topological polar surface area (TPSA) is 41.8 Å². The molecule has 2 aromatic carbocycles. The first-order chi connectivity index (χ1) is 8.27. The molecule has 3 aromatic rings. The predicted molar refractivity (Wildman–Crippen MR) is 73.9 cm³/mol. The van der Waals surface area contributed by atoms with Gasteiger partial charge in [0.1, 0.15) is 0 Å². The molecule has 2 heteroatoms. The van der Waals surface area contributed by atoms with Crippen LogP contribution in [-0.2, 0) is 0 Å². The second-order valence-corrected chi connectivity index (χ2v) is 3.92. The number of rotatable bonds is 0. The van der Waals surface area contributed by atoms with Gasteiger partial charge in [-0.3, -0.25) is 0 Å². The minimum atomic E-state index is 0.868. The van der Waals surface area contributed by atoms with Crippen molar-refractivity contribution in [3.63, 3.8) is 0 Å². The van der Waals surface area contributed by atoms with E-state index in [-0.39, 0.29) is 0 Å². The number of para-hydroxylation sites is 2. The molecule has 86 valence electrons. The van der Waals surface area contributed by atoms with E-state index >= 15 is 0 Å². The molecular formula is C15H16N2. The molecule has 2 nitrogen and oxygen atoms in total. The Bertz CT molecular complexity index is 545. The lowest BCUT2D eigenvalue weighted by Crippen LogP contribution is -1.85. The van der Waals surface area contributed by atoms with Gasteiger partial charge in [-0.25, -0.2) is 0 Å². The van der Waals surface area contributed by atoms with Gasteiger partial charge in [-0.1, -0.05) is 36.4 Å². The maximum absolute atomic E-state index is 5.52. The number of fused-ring (bicyclic) bond motifs is 1. The normalized spacial score (nSPS) is 9.71. The highest BCUT2D eigenvalue weighted by Gasteiger charge is 1.86. The fraction of sp³-hybridized carbons (Fsp3) is 0.0667. The van der Waals surface area contributed by atoms with Gasteiger partial charge in [-0.05, 0) is 36.1 Å². The van der Waals surface area contributed by atoms with E-state index in [4.69, 9.17) is 5.73 Å². The van der Waals surface area contributed by atoms with Crippen molar-refractivity contribution in [1.82, 2.24) is 4.98 Å². The molecule has 0 amide bonds. The van der Waals surface area contributed by atoms with Gasteiger partial charge in [0.15, 0.2) is 0 Å². The number of nitrogen functional groups attached to an aromatic ring is 1. The first-order valence-electron chi connectivity index (χ1n) is 5.60. The number of nitrogens with one attached hydrogen (secondary N) is 1. The molecule has 3 N–H and O–H groups in total. The van der Waals surface area contributed by atoms with Crippen LogP contribution in [0.3, 0.4) is 0 Å². The minimum Gasteiger partial charge on any atom is -0.399 e. The van der Waals surface area contributed by atoms with Crippen LogP contribution in [0.5, 0.6) is 0 Å². The second kappa shape index (κ2) is 5.21. The molecule has 0 atom stereocenters. The summed E-state index contributed by atoms with van der Waals surface area (Å²) in [6.45, 7) is 2.00. The lowest BCUT2D eigenvalue weighted by atomic mass is 10.2. The molecule has 1 heterocycles. The number of nitrogens with two attached hydrogens (primary N) is 1. The Balaban J connectivity index is 0.000000128. The number of aromatic nitrogens is 1. The van der Waals surface area contributed by atoms with Crippen molar-refractivity contribution < 1.29 is 0 Å². The fourth-order valence-corrected chi connectivity index (χ4v) is 1.58. The van der Waals surface area contributed by atoms with Crippen molar-refractivity contribution in [3.05, 3.63) is 66.4 Å². The lowest BCUT2D eigenvalue weighted by Gasteiger charge is -1.93. The smallest absolute Gasteiger partial charge is 0.0453 e. The Hall–Kier alpha value is -2.22. The summed E-state index contributed by atoms with van der Waals surface area (Å²) in [5, 5.41) is 1.28. The molecule has 0 aliphatic heterocycles. The van der Waals surface area contributed by atoms with Crippen LogP contribution in [0.1, 0.15) is 5.56 Å². The molecule has 0 saturated carbocycles. The summed E-state index contributed by atoms with van der Waals surface area (Å²) in [6, 6.07) is 18.1. The maximum Gasteiger partial charge on any atom is 0.0453 e. The fourth-order valence-electron chi connectivity index (χ4n) is 1.58. The molecule has 0 fully saturated rings. The Labute approximate surface area is 101 Å². The molecule has 0 saturated heterocycles. The quantitative estimate of drug-likeness (QED) is 0.561. The van der Waals surface area contributed by atoms with E-state index < -0.39 is 0 Å². The molecule has 3 rings (SSSR count). The Morgan fingerprint density at radius 2 is 1.59 bits per heavy atom. The van der Waals surface area contributed by atoms with Crippen LogP contribution in [0.2, 0.25) is 0 Å². The third-order valence-corrected chi connectivity index (χ3v) is 2.65. The number of hydrogen-bond donors (Lipinski definition) is 2. The summed E-state index contributed by atoms with van der Waals surface area (Å²) in [5.74, 6) is 0. The summed E-state index contributed by atoms with van der Waals surface area (Å²) in [7, 11) is 0. The van der Waals surface area contributed by atoms with Crippen molar-refractivity contribution in [3.8, 4) is 0 Å². The highest BCUT2D eigenvalue weighted by Crippen LogP contribution is 2.09. The first-order valence-corrected chi connectivity index (χ1v) is 5.60. The molecule has 0 bridgehead atoms. The van der Waals surface area contributed by atoms with E-state index in [1.54, 1.807) is 0 Å². The van der Waals surface area contributed by atoms with Crippen LogP contribution in [0.25, 0.3) is 10.9 Å². The molecule has 0 spiro atoms. The van der Waals surface area contributed by atoms with Crippen molar-refractivity contribution >= 4 is 16.6 Å². The predicted octanol–water partition coefficient (Wildman–Crippen LogP) is 3.75. The van der Waals surface area contributed by atoms with Crippen molar-refractivity contribution in [2.75, 3.05) is 5.73 Å². The zero-order chi connectivity index (χ0) is 12.1. The van der Waals surface area contributed by atoms with Gasteiger partial charge in [-0.2, -0.15) is 0 Å². The first kappa shape index (κ1) is 11.3. The molecule has 0 unspecified atom stereocenters. The van der Waals surface area contributed by atoms with Crippen LogP contribution >= 0.6 is 0 Å².